The predicted octanol–water partition coefficient (Wildman–Crippen LogP) is 1.22. The molecule has 0 bridgehead atoms. The quantitative estimate of drug-likeness (QED) is 0.535. The smallest absolute Gasteiger partial charge is 0.0438 e. The first-order valence-electron chi connectivity index (χ1n) is 6.48. The van der Waals surface area contributed by atoms with Gasteiger partial charge in [0.15, 0.2) is 0 Å². The molecule has 0 amide bonds. The maximum Gasteiger partial charge on any atom is 0.0438 e. The maximum atomic E-state index is 8.63. The molecule has 0 saturated carbocycles. The van der Waals surface area contributed by atoms with Gasteiger partial charge in [-0.1, -0.05) is 0 Å². The highest BCUT2D eigenvalue weighted by atomic mass is 32.2. The lowest BCUT2D eigenvalue weighted by Crippen LogP contribution is -2.34. The van der Waals surface area contributed by atoms with Gasteiger partial charge in [0, 0.05) is 31.0 Å². The fourth-order valence-electron chi connectivity index (χ4n) is 2.11. The normalized spacial score (nSPS) is 22.5. The molecule has 0 aromatic heterocycles. The molecule has 96 valence electrons. The highest BCUT2D eigenvalue weighted by Crippen LogP contribution is 2.10. The van der Waals surface area contributed by atoms with Gasteiger partial charge in [0.1, 0.15) is 0 Å². The van der Waals surface area contributed by atoms with Gasteiger partial charge in [-0.2, -0.15) is 11.8 Å². The van der Waals surface area contributed by atoms with Gasteiger partial charge in [0.05, 0.1) is 0 Å². The van der Waals surface area contributed by atoms with Gasteiger partial charge in [-0.05, 0) is 44.9 Å². The van der Waals surface area contributed by atoms with Gasteiger partial charge < -0.3 is 15.7 Å². The molecule has 0 radical (unpaired) electrons. The molecule has 0 aliphatic carbocycles. The predicted molar refractivity (Wildman–Crippen MR) is 72.1 cm³/mol. The van der Waals surface area contributed by atoms with Gasteiger partial charge in [-0.3, -0.25) is 0 Å². The van der Waals surface area contributed by atoms with Crippen molar-refractivity contribution < 1.29 is 5.11 Å². The number of nitrogens with one attached hydrogen (secondary N) is 2. The second kappa shape index (κ2) is 9.28. The molecule has 1 aliphatic rings. The fourth-order valence-corrected chi connectivity index (χ4v) is 2.91. The van der Waals surface area contributed by atoms with E-state index >= 15 is 0 Å². The minimum absolute atomic E-state index is 0.324. The largest absolute Gasteiger partial charge is 0.396 e. The first-order valence-corrected chi connectivity index (χ1v) is 7.63. The van der Waals surface area contributed by atoms with E-state index in [1.165, 1.54) is 25.8 Å². The minimum atomic E-state index is 0.324. The highest BCUT2D eigenvalue weighted by Gasteiger charge is 2.16. The van der Waals surface area contributed by atoms with Crippen molar-refractivity contribution in [3.8, 4) is 0 Å². The standard InChI is InChI=1S/C12H26N2OS/c1-11(10-12-4-2-5-14-12)13-6-9-16-8-3-7-15/h11-15H,2-10H2,1H3. The van der Waals surface area contributed by atoms with Gasteiger partial charge in [-0.15, -0.1) is 0 Å². The number of hydrogen-bond donors (Lipinski definition) is 3. The molecule has 2 atom stereocenters. The number of aliphatic hydroxyl groups is 1. The topological polar surface area (TPSA) is 44.3 Å². The summed E-state index contributed by atoms with van der Waals surface area (Å²) in [6, 6.07) is 1.36. The van der Waals surface area contributed by atoms with Crippen LogP contribution in [0.4, 0.5) is 0 Å². The highest BCUT2D eigenvalue weighted by molar-refractivity contribution is 7.99. The van der Waals surface area contributed by atoms with E-state index in [9.17, 15) is 0 Å². The summed E-state index contributed by atoms with van der Waals surface area (Å²) < 4.78 is 0. The van der Waals surface area contributed by atoms with Gasteiger partial charge in [0.2, 0.25) is 0 Å². The Morgan fingerprint density at radius 1 is 1.50 bits per heavy atom. The van der Waals surface area contributed by atoms with E-state index in [-0.39, 0.29) is 0 Å². The van der Waals surface area contributed by atoms with E-state index in [0.29, 0.717) is 12.6 Å². The van der Waals surface area contributed by atoms with Crippen LogP contribution in [0.2, 0.25) is 0 Å². The first-order chi connectivity index (χ1) is 7.83. The zero-order chi connectivity index (χ0) is 11.6. The summed E-state index contributed by atoms with van der Waals surface area (Å²) in [5.41, 5.74) is 0. The number of hydrogen-bond acceptors (Lipinski definition) is 4. The molecular weight excluding hydrogens is 220 g/mol. The molecule has 0 aromatic rings. The van der Waals surface area contributed by atoms with Crippen LogP contribution in [-0.4, -0.2) is 48.4 Å². The molecule has 3 nitrogen and oxygen atoms in total. The molecule has 3 N–H and O–H groups in total. The van der Waals surface area contributed by atoms with Crippen LogP contribution in [0, 0.1) is 0 Å². The molecular formula is C12H26N2OS. The summed E-state index contributed by atoms with van der Waals surface area (Å²) in [6.07, 6.45) is 4.86. The van der Waals surface area contributed by atoms with E-state index in [2.05, 4.69) is 17.6 Å². The number of aliphatic hydroxyl groups excluding tert-OH is 1. The van der Waals surface area contributed by atoms with Gasteiger partial charge in [0.25, 0.3) is 0 Å². The van der Waals surface area contributed by atoms with E-state index < -0.39 is 0 Å². The Balaban J connectivity index is 1.87. The molecule has 1 fully saturated rings. The lowest BCUT2D eigenvalue weighted by molar-refractivity contribution is 0.296. The average Bonchev–Trinajstić information content (AvgIpc) is 2.76. The Kier molecular flexibility index (Phi) is 8.29. The Hall–Kier alpha value is 0.230. The van der Waals surface area contributed by atoms with Crippen LogP contribution in [-0.2, 0) is 0 Å². The van der Waals surface area contributed by atoms with Crippen molar-refractivity contribution in [1.29, 1.82) is 0 Å². The summed E-state index contributed by atoms with van der Waals surface area (Å²) in [7, 11) is 0. The molecule has 1 saturated heterocycles. The number of thioether (sulfide) groups is 1. The molecule has 0 aromatic carbocycles. The van der Waals surface area contributed by atoms with Crippen molar-refractivity contribution in [3.63, 3.8) is 0 Å². The Morgan fingerprint density at radius 2 is 2.38 bits per heavy atom. The molecule has 1 aliphatic heterocycles. The molecule has 1 rings (SSSR count). The second-order valence-corrected chi connectivity index (χ2v) is 5.80. The Bertz CT molecular complexity index is 163. The lowest BCUT2D eigenvalue weighted by atomic mass is 10.1. The van der Waals surface area contributed by atoms with Crippen molar-refractivity contribution in [2.75, 3.05) is 31.2 Å². The summed E-state index contributed by atoms with van der Waals surface area (Å²) in [5.74, 6) is 2.24. The van der Waals surface area contributed by atoms with Crippen molar-refractivity contribution in [2.24, 2.45) is 0 Å². The third kappa shape index (κ3) is 6.74. The monoisotopic (exact) mass is 246 g/mol. The Labute approximate surface area is 104 Å². The molecule has 1 heterocycles. The fraction of sp³-hybridized carbons (Fsp3) is 1.00. The van der Waals surface area contributed by atoms with Crippen molar-refractivity contribution in [3.05, 3.63) is 0 Å². The summed E-state index contributed by atoms with van der Waals surface area (Å²) in [4.78, 5) is 0. The maximum absolute atomic E-state index is 8.63. The van der Waals surface area contributed by atoms with Crippen LogP contribution in [0.3, 0.4) is 0 Å². The molecule has 2 unspecified atom stereocenters. The summed E-state index contributed by atoms with van der Waals surface area (Å²) in [6.45, 7) is 4.89. The van der Waals surface area contributed by atoms with E-state index in [4.69, 9.17) is 5.11 Å². The zero-order valence-corrected chi connectivity index (χ0v) is 11.2. The summed E-state index contributed by atoms with van der Waals surface area (Å²) >= 11 is 1.92. The van der Waals surface area contributed by atoms with Crippen LogP contribution >= 0.6 is 11.8 Å². The van der Waals surface area contributed by atoms with E-state index in [1.54, 1.807) is 0 Å². The lowest BCUT2D eigenvalue weighted by Gasteiger charge is -2.18. The van der Waals surface area contributed by atoms with Crippen LogP contribution in [0.5, 0.6) is 0 Å². The minimum Gasteiger partial charge on any atom is -0.396 e. The third-order valence-corrected chi connectivity index (χ3v) is 4.06. The molecule has 4 heteroatoms. The third-order valence-electron chi connectivity index (χ3n) is 2.99. The average molecular weight is 246 g/mol. The molecule has 16 heavy (non-hydrogen) atoms. The van der Waals surface area contributed by atoms with Gasteiger partial charge in [-0.25, -0.2) is 0 Å². The zero-order valence-electron chi connectivity index (χ0n) is 10.4. The van der Waals surface area contributed by atoms with Crippen molar-refractivity contribution >= 4 is 11.8 Å². The van der Waals surface area contributed by atoms with E-state index in [1.807, 2.05) is 11.8 Å². The van der Waals surface area contributed by atoms with Crippen LogP contribution in [0.15, 0.2) is 0 Å². The number of rotatable bonds is 9. The van der Waals surface area contributed by atoms with Crippen LogP contribution in [0.25, 0.3) is 0 Å². The Morgan fingerprint density at radius 3 is 3.06 bits per heavy atom. The van der Waals surface area contributed by atoms with Crippen molar-refractivity contribution in [1.82, 2.24) is 10.6 Å². The van der Waals surface area contributed by atoms with Crippen LogP contribution < -0.4 is 10.6 Å². The molecule has 0 spiro atoms. The van der Waals surface area contributed by atoms with E-state index in [0.717, 1.165) is 30.5 Å². The van der Waals surface area contributed by atoms with Crippen LogP contribution in [0.1, 0.15) is 32.6 Å². The van der Waals surface area contributed by atoms with Gasteiger partial charge >= 0.3 is 0 Å². The second-order valence-electron chi connectivity index (χ2n) is 4.57. The SMILES string of the molecule is CC(CC1CCCN1)NCCSCCCO. The van der Waals surface area contributed by atoms with Crippen molar-refractivity contribution in [2.45, 2.75) is 44.7 Å². The summed E-state index contributed by atoms with van der Waals surface area (Å²) in [5, 5.41) is 15.7. The first kappa shape index (κ1) is 14.3.